The van der Waals surface area contributed by atoms with Gasteiger partial charge in [0.25, 0.3) is 0 Å². The molecule has 0 saturated carbocycles. The first-order chi connectivity index (χ1) is 15.7. The number of pyridine rings is 2. The Labute approximate surface area is 189 Å². The van der Waals surface area contributed by atoms with Crippen molar-refractivity contribution in [1.29, 1.82) is 0 Å². The minimum atomic E-state index is -0.485. The molecule has 168 valence electrons. The number of benzene rings is 1. The molecule has 7 heteroatoms. The van der Waals surface area contributed by atoms with E-state index in [0.29, 0.717) is 18.8 Å². The Morgan fingerprint density at radius 1 is 1.22 bits per heavy atom. The van der Waals surface area contributed by atoms with Crippen molar-refractivity contribution >= 4 is 34.2 Å². The molecular weight excluding hydrogens is 402 g/mol. The smallest absolute Gasteiger partial charge is 0.354 e. The van der Waals surface area contributed by atoms with Gasteiger partial charge in [0, 0.05) is 23.8 Å². The SMILES string of the molecule is CCCCN(OC(=O)C(CC)Nc1ccnc2ccccc12)c1ccc2c(n1)NCCC2. The summed E-state index contributed by atoms with van der Waals surface area (Å²) in [4.78, 5) is 28.2. The standard InChI is InChI=1S/C25H31N5O2/c1-3-5-17-30(23-13-12-18-9-8-15-27-24(18)29-23)32-25(31)20(4-2)28-22-14-16-26-21-11-7-6-10-19(21)22/h6-7,10-14,16,20H,3-5,8-9,15,17H2,1-2H3,(H,26,28)(H,27,29). The van der Waals surface area contributed by atoms with Gasteiger partial charge in [-0.05, 0) is 49.4 Å². The van der Waals surface area contributed by atoms with Gasteiger partial charge in [-0.2, -0.15) is 5.06 Å². The van der Waals surface area contributed by atoms with Crippen molar-refractivity contribution in [3.05, 3.63) is 54.2 Å². The van der Waals surface area contributed by atoms with Crippen molar-refractivity contribution in [1.82, 2.24) is 9.97 Å². The van der Waals surface area contributed by atoms with Gasteiger partial charge in [0.15, 0.2) is 5.82 Å². The van der Waals surface area contributed by atoms with E-state index in [4.69, 9.17) is 9.82 Å². The Morgan fingerprint density at radius 3 is 2.94 bits per heavy atom. The number of para-hydroxylation sites is 1. The molecule has 2 N–H and O–H groups in total. The number of nitrogens with one attached hydrogen (secondary N) is 2. The van der Waals surface area contributed by atoms with Crippen LogP contribution in [0.2, 0.25) is 0 Å². The molecule has 1 aromatic carbocycles. The van der Waals surface area contributed by atoms with Crippen LogP contribution in [0.25, 0.3) is 10.9 Å². The summed E-state index contributed by atoms with van der Waals surface area (Å²) < 4.78 is 0. The Morgan fingerprint density at radius 2 is 2.09 bits per heavy atom. The Hall–Kier alpha value is -3.35. The first kappa shape index (κ1) is 21.9. The van der Waals surface area contributed by atoms with Gasteiger partial charge in [0.2, 0.25) is 0 Å². The second-order valence-corrected chi connectivity index (χ2v) is 8.05. The summed E-state index contributed by atoms with van der Waals surface area (Å²) in [7, 11) is 0. The molecule has 0 spiro atoms. The number of rotatable bonds is 9. The maximum Gasteiger partial charge on any atom is 0.354 e. The lowest BCUT2D eigenvalue weighted by Gasteiger charge is -2.27. The molecule has 0 saturated heterocycles. The summed E-state index contributed by atoms with van der Waals surface area (Å²) in [5.41, 5.74) is 2.96. The van der Waals surface area contributed by atoms with Crippen LogP contribution in [-0.2, 0) is 16.1 Å². The molecule has 4 rings (SSSR count). The summed E-state index contributed by atoms with van der Waals surface area (Å²) in [6.45, 7) is 5.61. The van der Waals surface area contributed by atoms with E-state index in [1.807, 2.05) is 43.3 Å². The van der Waals surface area contributed by atoms with Gasteiger partial charge in [-0.25, -0.2) is 9.78 Å². The van der Waals surface area contributed by atoms with Crippen LogP contribution in [0.3, 0.4) is 0 Å². The summed E-state index contributed by atoms with van der Waals surface area (Å²) in [6, 6.07) is 13.3. The summed E-state index contributed by atoms with van der Waals surface area (Å²) >= 11 is 0. The minimum absolute atomic E-state index is 0.322. The normalized spacial score (nSPS) is 13.7. The zero-order valence-electron chi connectivity index (χ0n) is 18.8. The molecule has 0 amide bonds. The highest BCUT2D eigenvalue weighted by Gasteiger charge is 2.24. The highest BCUT2D eigenvalue weighted by Crippen LogP contribution is 2.25. The van der Waals surface area contributed by atoms with Crippen LogP contribution < -0.4 is 15.7 Å². The van der Waals surface area contributed by atoms with E-state index in [-0.39, 0.29) is 5.97 Å². The first-order valence-corrected chi connectivity index (χ1v) is 11.5. The molecule has 0 radical (unpaired) electrons. The molecule has 32 heavy (non-hydrogen) atoms. The third-order valence-corrected chi connectivity index (χ3v) is 5.72. The van der Waals surface area contributed by atoms with Crippen LogP contribution in [0.15, 0.2) is 48.7 Å². The molecule has 3 aromatic rings. The van der Waals surface area contributed by atoms with E-state index in [1.165, 1.54) is 5.56 Å². The second kappa shape index (κ2) is 10.3. The lowest BCUT2D eigenvalue weighted by Crippen LogP contribution is -2.38. The van der Waals surface area contributed by atoms with Crippen LogP contribution >= 0.6 is 0 Å². The number of hydrogen-bond donors (Lipinski definition) is 2. The Balaban J connectivity index is 1.52. The highest BCUT2D eigenvalue weighted by atomic mass is 16.7. The van der Waals surface area contributed by atoms with Gasteiger partial charge >= 0.3 is 5.97 Å². The van der Waals surface area contributed by atoms with Crippen LogP contribution in [0, 0.1) is 0 Å². The number of nitrogens with zero attached hydrogens (tertiary/aromatic N) is 3. The van der Waals surface area contributed by atoms with Gasteiger partial charge in [-0.3, -0.25) is 4.98 Å². The number of hydrogen-bond acceptors (Lipinski definition) is 7. The van der Waals surface area contributed by atoms with Gasteiger partial charge in [-0.15, -0.1) is 0 Å². The number of carbonyl (C=O) groups excluding carboxylic acids is 1. The molecule has 1 unspecified atom stereocenters. The van der Waals surface area contributed by atoms with Crippen molar-refractivity contribution in [2.45, 2.75) is 52.0 Å². The van der Waals surface area contributed by atoms with E-state index in [1.54, 1.807) is 11.3 Å². The topological polar surface area (TPSA) is 79.4 Å². The zero-order chi connectivity index (χ0) is 22.3. The molecule has 3 heterocycles. The van der Waals surface area contributed by atoms with E-state index in [2.05, 4.69) is 28.6 Å². The summed E-state index contributed by atoms with van der Waals surface area (Å²) in [5, 5.41) is 9.33. The van der Waals surface area contributed by atoms with Crippen LogP contribution in [0.4, 0.5) is 17.3 Å². The van der Waals surface area contributed by atoms with Crippen LogP contribution in [0.5, 0.6) is 0 Å². The van der Waals surface area contributed by atoms with E-state index < -0.39 is 6.04 Å². The van der Waals surface area contributed by atoms with Crippen molar-refractivity contribution in [2.75, 3.05) is 28.8 Å². The fourth-order valence-corrected chi connectivity index (χ4v) is 3.87. The zero-order valence-corrected chi connectivity index (χ0v) is 18.8. The predicted molar refractivity (Wildman–Crippen MR) is 129 cm³/mol. The van der Waals surface area contributed by atoms with Gasteiger partial charge < -0.3 is 15.5 Å². The lowest BCUT2D eigenvalue weighted by molar-refractivity contribution is -0.146. The second-order valence-electron chi connectivity index (χ2n) is 8.05. The van der Waals surface area contributed by atoms with Crippen molar-refractivity contribution in [3.63, 3.8) is 0 Å². The number of carbonyl (C=O) groups is 1. The summed E-state index contributed by atoms with van der Waals surface area (Å²) in [5.74, 6) is 1.22. The number of unbranched alkanes of at least 4 members (excludes halogenated alkanes) is 1. The quantitative estimate of drug-likeness (QED) is 0.463. The summed E-state index contributed by atoms with van der Waals surface area (Å²) in [6.07, 6.45) is 6.37. The number of aryl methyl sites for hydroxylation is 1. The molecule has 7 nitrogen and oxygen atoms in total. The molecule has 2 aromatic heterocycles. The Kier molecular flexibility index (Phi) is 7.04. The van der Waals surface area contributed by atoms with Crippen molar-refractivity contribution < 1.29 is 9.63 Å². The molecule has 1 aliphatic heterocycles. The van der Waals surface area contributed by atoms with Gasteiger partial charge in [0.1, 0.15) is 11.9 Å². The molecule has 1 atom stereocenters. The molecule has 1 aliphatic rings. The number of fused-ring (bicyclic) bond motifs is 2. The van der Waals surface area contributed by atoms with Gasteiger partial charge in [0.05, 0.1) is 12.1 Å². The molecule has 0 bridgehead atoms. The number of aromatic nitrogens is 2. The van der Waals surface area contributed by atoms with Crippen molar-refractivity contribution in [2.24, 2.45) is 0 Å². The minimum Gasteiger partial charge on any atom is -0.372 e. The Bertz CT molecular complexity index is 1070. The average molecular weight is 434 g/mol. The molecule has 0 aliphatic carbocycles. The maximum absolute atomic E-state index is 13.2. The average Bonchev–Trinajstić information content (AvgIpc) is 2.84. The number of hydroxylamine groups is 1. The van der Waals surface area contributed by atoms with Crippen LogP contribution in [0.1, 0.15) is 45.1 Å². The fraction of sp³-hybridized carbons (Fsp3) is 0.400. The maximum atomic E-state index is 13.2. The molecular formula is C25H31N5O2. The number of anilines is 3. The first-order valence-electron chi connectivity index (χ1n) is 11.5. The van der Waals surface area contributed by atoms with E-state index in [0.717, 1.165) is 54.6 Å². The monoisotopic (exact) mass is 433 g/mol. The van der Waals surface area contributed by atoms with Crippen LogP contribution in [-0.4, -0.2) is 35.1 Å². The lowest BCUT2D eigenvalue weighted by atomic mass is 10.1. The molecule has 0 fully saturated rings. The third-order valence-electron chi connectivity index (χ3n) is 5.72. The largest absolute Gasteiger partial charge is 0.372 e. The predicted octanol–water partition coefficient (Wildman–Crippen LogP) is 4.94. The van der Waals surface area contributed by atoms with Crippen molar-refractivity contribution in [3.8, 4) is 0 Å². The highest BCUT2D eigenvalue weighted by molar-refractivity contribution is 5.93. The third kappa shape index (κ3) is 4.93. The van der Waals surface area contributed by atoms with E-state index in [9.17, 15) is 4.79 Å². The fourth-order valence-electron chi connectivity index (χ4n) is 3.87. The van der Waals surface area contributed by atoms with E-state index >= 15 is 0 Å². The van der Waals surface area contributed by atoms with Gasteiger partial charge in [-0.1, -0.05) is 44.5 Å².